The summed E-state index contributed by atoms with van der Waals surface area (Å²) >= 11 is 0. The molecule has 2 fully saturated rings. The third-order valence-electron chi connectivity index (χ3n) is 4.01. The number of rotatable bonds is 4. The van der Waals surface area contributed by atoms with Crippen molar-refractivity contribution < 1.29 is 5.11 Å². The van der Waals surface area contributed by atoms with E-state index in [-0.39, 0.29) is 0 Å². The molecule has 0 aromatic rings. The Bertz CT molecular complexity index is 204. The topological polar surface area (TPSA) is 30.0 Å². The van der Waals surface area contributed by atoms with Crippen LogP contribution < -0.4 is 0 Å². The Morgan fingerprint density at radius 3 is 2.50 bits per heavy atom. The minimum Gasteiger partial charge on any atom is -0.395 e. The molecular weight excluding hydrogens is 202 g/mol. The summed E-state index contributed by atoms with van der Waals surface area (Å²) in [5.74, 6) is 0. The summed E-state index contributed by atoms with van der Waals surface area (Å²) in [6.07, 6.45) is 2.44. The van der Waals surface area contributed by atoms with Crippen LogP contribution in [-0.4, -0.2) is 85.3 Å². The van der Waals surface area contributed by atoms with Gasteiger partial charge in [0.05, 0.1) is 6.61 Å². The van der Waals surface area contributed by atoms with E-state index >= 15 is 0 Å². The van der Waals surface area contributed by atoms with Crippen molar-refractivity contribution in [2.45, 2.75) is 18.9 Å². The zero-order valence-electron chi connectivity index (χ0n) is 10.4. The first-order valence-electron chi connectivity index (χ1n) is 6.55. The third-order valence-corrected chi connectivity index (χ3v) is 4.01. The molecule has 0 bridgehead atoms. The lowest BCUT2D eigenvalue weighted by Crippen LogP contribution is -2.47. The van der Waals surface area contributed by atoms with E-state index in [2.05, 4.69) is 21.7 Å². The Morgan fingerprint density at radius 2 is 1.81 bits per heavy atom. The predicted molar refractivity (Wildman–Crippen MR) is 65.6 cm³/mol. The summed E-state index contributed by atoms with van der Waals surface area (Å²) in [6, 6.07) is 0.437. The standard InChI is InChI=1S/C12H25N3O/c1-13-5-7-14(8-6-13)9-10-15-4-2-3-12(15)11-16/h12,16H,2-11H2,1H3/t12-/m1/s1. The van der Waals surface area contributed by atoms with Crippen LogP contribution in [0.15, 0.2) is 0 Å². The molecule has 0 saturated carbocycles. The Hall–Kier alpha value is -0.160. The fourth-order valence-electron chi connectivity index (χ4n) is 2.74. The van der Waals surface area contributed by atoms with Gasteiger partial charge in [0.2, 0.25) is 0 Å². The Morgan fingerprint density at radius 1 is 1.06 bits per heavy atom. The van der Waals surface area contributed by atoms with E-state index in [1.165, 1.54) is 52.1 Å². The van der Waals surface area contributed by atoms with Gasteiger partial charge in [-0.1, -0.05) is 0 Å². The van der Waals surface area contributed by atoms with Gasteiger partial charge >= 0.3 is 0 Å². The molecule has 4 nitrogen and oxygen atoms in total. The molecule has 2 aliphatic rings. The van der Waals surface area contributed by atoms with E-state index in [0.717, 1.165) is 6.54 Å². The van der Waals surface area contributed by atoms with E-state index in [4.69, 9.17) is 0 Å². The van der Waals surface area contributed by atoms with Crippen molar-refractivity contribution in [3.05, 3.63) is 0 Å². The van der Waals surface area contributed by atoms with Gasteiger partial charge < -0.3 is 10.0 Å². The predicted octanol–water partition coefficient (Wildman–Crippen LogP) is -0.309. The number of aliphatic hydroxyl groups excluding tert-OH is 1. The molecule has 1 atom stereocenters. The fourth-order valence-corrected chi connectivity index (χ4v) is 2.74. The van der Waals surface area contributed by atoms with Gasteiger partial charge in [0.1, 0.15) is 0 Å². The number of likely N-dealkylation sites (tertiary alicyclic amines) is 1. The lowest BCUT2D eigenvalue weighted by Gasteiger charge is -2.34. The van der Waals surface area contributed by atoms with Crippen LogP contribution in [0.25, 0.3) is 0 Å². The van der Waals surface area contributed by atoms with Crippen LogP contribution in [0.2, 0.25) is 0 Å². The van der Waals surface area contributed by atoms with Crippen molar-refractivity contribution in [3.63, 3.8) is 0 Å². The van der Waals surface area contributed by atoms with Crippen molar-refractivity contribution in [3.8, 4) is 0 Å². The first-order chi connectivity index (χ1) is 7.79. The molecule has 0 amide bonds. The first-order valence-corrected chi connectivity index (χ1v) is 6.55. The fraction of sp³-hybridized carbons (Fsp3) is 1.00. The second kappa shape index (κ2) is 5.96. The number of hydrogen-bond acceptors (Lipinski definition) is 4. The molecule has 0 radical (unpaired) electrons. The molecule has 0 aliphatic carbocycles. The van der Waals surface area contributed by atoms with Gasteiger partial charge in [-0.3, -0.25) is 9.80 Å². The van der Waals surface area contributed by atoms with Crippen molar-refractivity contribution in [1.29, 1.82) is 0 Å². The van der Waals surface area contributed by atoms with Crippen molar-refractivity contribution in [1.82, 2.24) is 14.7 Å². The molecule has 0 unspecified atom stereocenters. The van der Waals surface area contributed by atoms with Gasteiger partial charge in [0, 0.05) is 45.3 Å². The molecule has 2 rings (SSSR count). The highest BCUT2D eigenvalue weighted by Gasteiger charge is 2.24. The van der Waals surface area contributed by atoms with Gasteiger partial charge in [-0.05, 0) is 26.4 Å². The van der Waals surface area contributed by atoms with E-state index in [1.54, 1.807) is 0 Å². The molecule has 2 saturated heterocycles. The molecule has 4 heteroatoms. The number of likely N-dealkylation sites (N-methyl/N-ethyl adjacent to an activating group) is 1. The maximum atomic E-state index is 9.25. The summed E-state index contributed by atoms with van der Waals surface area (Å²) in [5, 5.41) is 9.25. The molecule has 2 aliphatic heterocycles. The smallest absolute Gasteiger partial charge is 0.0586 e. The highest BCUT2D eigenvalue weighted by molar-refractivity contribution is 4.80. The quantitative estimate of drug-likeness (QED) is 0.714. The second-order valence-electron chi connectivity index (χ2n) is 5.16. The molecule has 94 valence electrons. The van der Waals surface area contributed by atoms with Crippen LogP contribution in [0.1, 0.15) is 12.8 Å². The summed E-state index contributed by atoms with van der Waals surface area (Å²) in [4.78, 5) is 7.40. The third kappa shape index (κ3) is 3.17. The SMILES string of the molecule is CN1CCN(CCN2CCC[C@@H]2CO)CC1. The lowest BCUT2D eigenvalue weighted by molar-refractivity contribution is 0.114. The summed E-state index contributed by atoms with van der Waals surface area (Å²) in [7, 11) is 2.19. The Balaban J connectivity index is 1.67. The largest absolute Gasteiger partial charge is 0.395 e. The average molecular weight is 227 g/mol. The normalized spacial score (nSPS) is 30.0. The first kappa shape index (κ1) is 12.3. The molecule has 0 spiro atoms. The Labute approximate surface area is 98.8 Å². The van der Waals surface area contributed by atoms with E-state index in [9.17, 15) is 5.11 Å². The number of nitrogens with zero attached hydrogens (tertiary/aromatic N) is 3. The van der Waals surface area contributed by atoms with Gasteiger partial charge in [-0.25, -0.2) is 0 Å². The highest BCUT2D eigenvalue weighted by atomic mass is 16.3. The minimum absolute atomic E-state index is 0.336. The molecule has 0 aromatic heterocycles. The van der Waals surface area contributed by atoms with Crippen LogP contribution in [0.4, 0.5) is 0 Å². The second-order valence-corrected chi connectivity index (χ2v) is 5.16. The summed E-state index contributed by atoms with van der Waals surface area (Å²) in [5.41, 5.74) is 0. The maximum absolute atomic E-state index is 9.25. The van der Waals surface area contributed by atoms with Crippen molar-refractivity contribution in [2.24, 2.45) is 0 Å². The number of hydrogen-bond donors (Lipinski definition) is 1. The average Bonchev–Trinajstić information content (AvgIpc) is 2.76. The molecular formula is C12H25N3O. The monoisotopic (exact) mass is 227 g/mol. The van der Waals surface area contributed by atoms with Crippen LogP contribution in [0, 0.1) is 0 Å². The molecule has 1 N–H and O–H groups in total. The number of piperazine rings is 1. The summed E-state index contributed by atoms with van der Waals surface area (Å²) in [6.45, 7) is 8.62. The van der Waals surface area contributed by atoms with Gasteiger partial charge in [0.25, 0.3) is 0 Å². The minimum atomic E-state index is 0.336. The van der Waals surface area contributed by atoms with Crippen molar-refractivity contribution >= 4 is 0 Å². The summed E-state index contributed by atoms with van der Waals surface area (Å²) < 4.78 is 0. The highest BCUT2D eigenvalue weighted by Crippen LogP contribution is 2.16. The zero-order chi connectivity index (χ0) is 11.4. The van der Waals surface area contributed by atoms with Gasteiger partial charge in [0.15, 0.2) is 0 Å². The Kier molecular flexibility index (Phi) is 4.58. The molecule has 16 heavy (non-hydrogen) atoms. The van der Waals surface area contributed by atoms with E-state index in [0.29, 0.717) is 12.6 Å². The van der Waals surface area contributed by atoms with Crippen LogP contribution >= 0.6 is 0 Å². The van der Waals surface area contributed by atoms with Crippen molar-refractivity contribution in [2.75, 3.05) is 59.5 Å². The van der Waals surface area contributed by atoms with Gasteiger partial charge in [-0.2, -0.15) is 0 Å². The van der Waals surface area contributed by atoms with Crippen LogP contribution in [0.3, 0.4) is 0 Å². The maximum Gasteiger partial charge on any atom is 0.0586 e. The van der Waals surface area contributed by atoms with E-state index in [1.807, 2.05) is 0 Å². The van der Waals surface area contributed by atoms with E-state index < -0.39 is 0 Å². The van der Waals surface area contributed by atoms with Crippen LogP contribution in [-0.2, 0) is 0 Å². The molecule has 0 aromatic carbocycles. The lowest BCUT2D eigenvalue weighted by atomic mass is 10.2. The number of aliphatic hydroxyl groups is 1. The van der Waals surface area contributed by atoms with Crippen LogP contribution in [0.5, 0.6) is 0 Å². The zero-order valence-corrected chi connectivity index (χ0v) is 10.4. The molecule has 2 heterocycles. The van der Waals surface area contributed by atoms with Gasteiger partial charge in [-0.15, -0.1) is 0 Å².